The summed E-state index contributed by atoms with van der Waals surface area (Å²) in [5.41, 5.74) is 0.410. The molecule has 3 aromatic rings. The number of hydrogen-bond donors (Lipinski definition) is 4. The zero-order valence-corrected chi connectivity index (χ0v) is 17.0. The predicted molar refractivity (Wildman–Crippen MR) is 114 cm³/mol. The first kappa shape index (κ1) is 20.6. The van der Waals surface area contributed by atoms with Crippen LogP contribution in [0.25, 0.3) is 10.9 Å². The number of nitrogens with one attached hydrogen (secondary N) is 4. The van der Waals surface area contributed by atoms with Gasteiger partial charge in [-0.3, -0.25) is 14.3 Å². The average Bonchev–Trinajstić information content (AvgIpc) is 2.71. The zero-order chi connectivity index (χ0) is 21.0. The highest BCUT2D eigenvalue weighted by Crippen LogP contribution is 2.25. The molecule has 9 nitrogen and oxygen atoms in total. The van der Waals surface area contributed by atoms with Crippen molar-refractivity contribution >= 4 is 32.3 Å². The summed E-state index contributed by atoms with van der Waals surface area (Å²) in [5.74, 6) is 0. The number of aryl methyl sites for hydroxylation is 1. The molecule has 10 heteroatoms. The third-order valence-electron chi connectivity index (χ3n) is 4.54. The largest absolute Gasteiger partial charge is 0.387 e. The lowest BCUT2D eigenvalue weighted by Crippen LogP contribution is -2.30. The lowest BCUT2D eigenvalue weighted by atomic mass is 10.2. The van der Waals surface area contributed by atoms with Gasteiger partial charge in [-0.25, -0.2) is 17.9 Å². The van der Waals surface area contributed by atoms with Crippen molar-refractivity contribution in [3.63, 3.8) is 0 Å². The van der Waals surface area contributed by atoms with Gasteiger partial charge in [0.15, 0.2) is 0 Å². The van der Waals surface area contributed by atoms with Crippen LogP contribution in [-0.4, -0.2) is 38.1 Å². The van der Waals surface area contributed by atoms with Crippen molar-refractivity contribution in [3.05, 3.63) is 63.3 Å². The van der Waals surface area contributed by atoms with Crippen LogP contribution >= 0.6 is 0 Å². The normalized spacial score (nSPS) is 11.5. The van der Waals surface area contributed by atoms with Gasteiger partial charge in [-0.2, -0.15) is 0 Å². The van der Waals surface area contributed by atoms with Crippen molar-refractivity contribution < 1.29 is 8.42 Å². The molecule has 0 saturated heterocycles. The molecule has 0 amide bonds. The third-order valence-corrected chi connectivity index (χ3v) is 6.04. The molecule has 0 radical (unpaired) electrons. The van der Waals surface area contributed by atoms with Crippen LogP contribution < -0.4 is 26.6 Å². The number of sulfonamides is 1. The van der Waals surface area contributed by atoms with E-state index in [1.54, 1.807) is 7.05 Å². The maximum atomic E-state index is 12.8. The molecular weight excluding hydrogens is 394 g/mol. The van der Waals surface area contributed by atoms with Crippen LogP contribution in [0, 0.1) is 0 Å². The van der Waals surface area contributed by atoms with Crippen molar-refractivity contribution in [2.24, 2.45) is 7.05 Å². The molecule has 29 heavy (non-hydrogen) atoms. The lowest BCUT2D eigenvalue weighted by molar-refractivity contribution is 0.580. The minimum Gasteiger partial charge on any atom is -0.387 e. The van der Waals surface area contributed by atoms with Crippen LogP contribution in [0.3, 0.4) is 0 Å². The molecule has 0 fully saturated rings. The lowest BCUT2D eigenvalue weighted by Gasteiger charge is -2.14. The molecule has 0 aliphatic carbocycles. The topological polar surface area (TPSA) is 125 Å². The standard InChI is InChI=1S/C19H23N5O4S/c1-20-15-12-16-14(18(25)23-19(26)24(16)2)11-17(15)29(27,28)22-10-6-9-21-13-7-4-3-5-8-13/h3-5,7-8,11-12,20-22H,6,9-10H2,1-2H3,(H,23,25,26). The maximum absolute atomic E-state index is 12.8. The van der Waals surface area contributed by atoms with Crippen LogP contribution in [-0.2, 0) is 17.1 Å². The van der Waals surface area contributed by atoms with Crippen LogP contribution in [0.4, 0.5) is 11.4 Å². The second-order valence-electron chi connectivity index (χ2n) is 6.48. The molecule has 2 aromatic carbocycles. The Morgan fingerprint density at radius 3 is 2.48 bits per heavy atom. The molecule has 0 atom stereocenters. The Bertz CT molecular complexity index is 1230. The fourth-order valence-electron chi connectivity index (χ4n) is 2.96. The van der Waals surface area contributed by atoms with Gasteiger partial charge in [-0.1, -0.05) is 18.2 Å². The van der Waals surface area contributed by atoms with E-state index in [0.717, 1.165) is 5.69 Å². The summed E-state index contributed by atoms with van der Waals surface area (Å²) >= 11 is 0. The van der Waals surface area contributed by atoms with Crippen LogP contribution in [0.1, 0.15) is 6.42 Å². The first-order valence-electron chi connectivity index (χ1n) is 9.07. The van der Waals surface area contributed by atoms with E-state index in [4.69, 9.17) is 0 Å². The van der Waals surface area contributed by atoms with Crippen molar-refractivity contribution in [3.8, 4) is 0 Å². The monoisotopic (exact) mass is 417 g/mol. The van der Waals surface area contributed by atoms with Gasteiger partial charge in [-0.15, -0.1) is 0 Å². The molecule has 0 unspecified atom stereocenters. The maximum Gasteiger partial charge on any atom is 0.328 e. The van der Waals surface area contributed by atoms with Crippen molar-refractivity contribution in [1.82, 2.24) is 14.3 Å². The molecule has 0 saturated carbocycles. The summed E-state index contributed by atoms with van der Waals surface area (Å²) in [6.07, 6.45) is 0.575. The van der Waals surface area contributed by atoms with Crippen molar-refractivity contribution in [2.45, 2.75) is 11.3 Å². The Hall–Kier alpha value is -3.11. The van der Waals surface area contributed by atoms with E-state index in [9.17, 15) is 18.0 Å². The van der Waals surface area contributed by atoms with Crippen molar-refractivity contribution in [1.29, 1.82) is 0 Å². The Kier molecular flexibility index (Phi) is 6.04. The number of aromatic amines is 1. The first-order chi connectivity index (χ1) is 13.8. The van der Waals surface area contributed by atoms with Crippen molar-refractivity contribution in [2.75, 3.05) is 30.8 Å². The summed E-state index contributed by atoms with van der Waals surface area (Å²) in [4.78, 5) is 26.1. The Morgan fingerprint density at radius 2 is 1.79 bits per heavy atom. The van der Waals surface area contributed by atoms with Gasteiger partial charge < -0.3 is 10.6 Å². The molecule has 3 rings (SSSR count). The van der Waals surface area contributed by atoms with E-state index >= 15 is 0 Å². The summed E-state index contributed by atoms with van der Waals surface area (Å²) < 4.78 is 29.4. The van der Waals surface area contributed by atoms with E-state index in [0.29, 0.717) is 24.2 Å². The molecule has 1 heterocycles. The first-order valence-corrected chi connectivity index (χ1v) is 10.5. The highest BCUT2D eigenvalue weighted by Gasteiger charge is 2.20. The van der Waals surface area contributed by atoms with E-state index in [-0.39, 0.29) is 16.8 Å². The van der Waals surface area contributed by atoms with Crippen LogP contribution in [0.15, 0.2) is 56.9 Å². The number of H-pyrrole nitrogens is 1. The molecule has 4 N–H and O–H groups in total. The number of para-hydroxylation sites is 1. The molecule has 0 spiro atoms. The van der Waals surface area contributed by atoms with Gasteiger partial charge >= 0.3 is 5.69 Å². The SMILES string of the molecule is CNc1cc2c(cc1S(=O)(=O)NCCCNc1ccccc1)c(=O)[nH]c(=O)n2C. The highest BCUT2D eigenvalue weighted by atomic mass is 32.2. The number of anilines is 2. The van der Waals surface area contributed by atoms with Gasteiger partial charge in [0.05, 0.1) is 16.6 Å². The van der Waals surface area contributed by atoms with Gasteiger partial charge in [0.25, 0.3) is 5.56 Å². The highest BCUT2D eigenvalue weighted by molar-refractivity contribution is 7.89. The Labute approximate surface area is 167 Å². The minimum atomic E-state index is -3.86. The van der Waals surface area contributed by atoms with E-state index < -0.39 is 21.3 Å². The van der Waals surface area contributed by atoms with Gasteiger partial charge in [0.2, 0.25) is 10.0 Å². The smallest absolute Gasteiger partial charge is 0.328 e. The second-order valence-corrected chi connectivity index (χ2v) is 8.21. The van der Waals surface area contributed by atoms with Gasteiger partial charge in [-0.05, 0) is 30.7 Å². The number of hydrogen-bond acceptors (Lipinski definition) is 6. The molecule has 0 aliphatic rings. The molecular formula is C19H23N5O4S. The quantitative estimate of drug-likeness (QED) is 0.406. The summed E-state index contributed by atoms with van der Waals surface area (Å²) in [7, 11) is -0.775. The van der Waals surface area contributed by atoms with Gasteiger partial charge in [0, 0.05) is 32.9 Å². The summed E-state index contributed by atoms with van der Waals surface area (Å²) in [5, 5.41) is 6.16. The molecule has 154 valence electrons. The summed E-state index contributed by atoms with van der Waals surface area (Å²) in [6.45, 7) is 0.831. The molecule has 1 aromatic heterocycles. The predicted octanol–water partition coefficient (Wildman–Crippen LogP) is 1.05. The van der Waals surface area contributed by atoms with E-state index in [1.165, 1.54) is 23.7 Å². The summed E-state index contributed by atoms with van der Waals surface area (Å²) in [6, 6.07) is 12.4. The number of aromatic nitrogens is 2. The number of benzene rings is 2. The fraction of sp³-hybridized carbons (Fsp3) is 0.263. The van der Waals surface area contributed by atoms with Gasteiger partial charge in [0.1, 0.15) is 4.90 Å². The Morgan fingerprint density at radius 1 is 1.07 bits per heavy atom. The zero-order valence-electron chi connectivity index (χ0n) is 16.2. The van der Waals surface area contributed by atoms with E-state index in [1.807, 2.05) is 30.3 Å². The minimum absolute atomic E-state index is 0.0485. The van der Waals surface area contributed by atoms with E-state index in [2.05, 4.69) is 20.3 Å². The van der Waals surface area contributed by atoms with Crippen LogP contribution in [0.5, 0.6) is 0 Å². The third kappa shape index (κ3) is 4.49. The number of nitrogens with zero attached hydrogens (tertiary/aromatic N) is 1. The number of rotatable bonds is 8. The molecule has 0 aliphatic heterocycles. The van der Waals surface area contributed by atoms with Crippen LogP contribution in [0.2, 0.25) is 0 Å². The average molecular weight is 417 g/mol. The number of fused-ring (bicyclic) bond motifs is 1. The second kappa shape index (κ2) is 8.50. The Balaban J connectivity index is 1.79. The molecule has 0 bridgehead atoms. The fourth-order valence-corrected chi connectivity index (χ4v) is 4.26.